The molecule has 0 aromatic rings. The summed E-state index contributed by atoms with van der Waals surface area (Å²) in [4.78, 5) is 27.5. The first-order valence-corrected chi connectivity index (χ1v) is 30.4. The Morgan fingerprint density at radius 2 is 1.03 bits per heavy atom. The second kappa shape index (κ2) is 33.2. The molecule has 10 heteroatoms. The Morgan fingerprint density at radius 1 is 0.583 bits per heavy atom. The highest BCUT2D eigenvalue weighted by Gasteiger charge is 2.43. The molecule has 0 radical (unpaired) electrons. The third-order valence-electron chi connectivity index (χ3n) is 12.8. The van der Waals surface area contributed by atoms with Crippen LogP contribution in [-0.4, -0.2) is 83.3 Å². The number of hydrogen-bond acceptors (Lipinski definition) is 8. The predicted octanol–water partition coefficient (Wildman–Crippen LogP) is 14.2. The van der Waals surface area contributed by atoms with Crippen LogP contribution >= 0.6 is 0 Å². The fourth-order valence-electron chi connectivity index (χ4n) is 6.72. The van der Waals surface area contributed by atoms with Gasteiger partial charge < -0.3 is 23.4 Å². The summed E-state index contributed by atoms with van der Waals surface area (Å²) >= 11 is 0. The molecule has 8 nitrogen and oxygen atoms in total. The molecular formula is C50H99NO7Si2. The minimum Gasteiger partial charge on any atom is -0.461 e. The van der Waals surface area contributed by atoms with Gasteiger partial charge in [-0.15, -0.1) is 0 Å². The van der Waals surface area contributed by atoms with Crippen LogP contribution in [0.3, 0.4) is 0 Å². The van der Waals surface area contributed by atoms with Crippen molar-refractivity contribution in [3.8, 4) is 0 Å². The molecule has 60 heavy (non-hydrogen) atoms. The maximum atomic E-state index is 12.5. The van der Waals surface area contributed by atoms with Gasteiger partial charge in [0, 0.05) is 32.0 Å². The van der Waals surface area contributed by atoms with E-state index in [4.69, 9.17) is 18.3 Å². The summed E-state index contributed by atoms with van der Waals surface area (Å²) in [6.07, 6.45) is 29.9. The van der Waals surface area contributed by atoms with Crippen molar-refractivity contribution in [3.05, 3.63) is 24.3 Å². The zero-order chi connectivity index (χ0) is 45.5. The lowest BCUT2D eigenvalue weighted by Gasteiger charge is -2.47. The summed E-state index contributed by atoms with van der Waals surface area (Å²) in [6.45, 7) is 31.5. The number of carbonyl (C=O) groups is 2. The lowest BCUT2D eigenvalue weighted by molar-refractivity contribution is -0.143. The molecule has 0 aliphatic heterocycles. The maximum Gasteiger partial charge on any atom is 0.306 e. The highest BCUT2D eigenvalue weighted by molar-refractivity contribution is 6.74. The van der Waals surface area contributed by atoms with E-state index in [2.05, 4.69) is 106 Å². The number of rotatable bonds is 37. The molecule has 354 valence electrons. The quantitative estimate of drug-likeness (QED) is 0.0217. The highest BCUT2D eigenvalue weighted by Crippen LogP contribution is 2.40. The monoisotopic (exact) mass is 882 g/mol. The van der Waals surface area contributed by atoms with Gasteiger partial charge in [0.05, 0.1) is 12.3 Å². The van der Waals surface area contributed by atoms with Crippen molar-refractivity contribution in [3.63, 3.8) is 0 Å². The first-order chi connectivity index (χ1) is 28.2. The summed E-state index contributed by atoms with van der Waals surface area (Å²) in [6, 6.07) is 0.221. The third-order valence-corrected chi connectivity index (χ3v) is 21.8. The van der Waals surface area contributed by atoms with Crippen LogP contribution in [0.5, 0.6) is 0 Å². The lowest BCUT2D eigenvalue weighted by atomic mass is 10.0. The van der Waals surface area contributed by atoms with Crippen molar-refractivity contribution in [1.82, 2.24) is 4.90 Å². The van der Waals surface area contributed by atoms with E-state index in [0.717, 1.165) is 77.2 Å². The summed E-state index contributed by atoms with van der Waals surface area (Å²) in [5.74, 6) is -0.234. The smallest absolute Gasteiger partial charge is 0.306 e. The van der Waals surface area contributed by atoms with Gasteiger partial charge in [0.2, 0.25) is 0 Å². The predicted molar refractivity (Wildman–Crippen MR) is 261 cm³/mol. The molecule has 3 unspecified atom stereocenters. The number of carbonyl (C=O) groups excluding carboxylic acids is 2. The number of ether oxygens (including phenoxy) is 2. The van der Waals surface area contributed by atoms with Crippen molar-refractivity contribution in [1.29, 1.82) is 0 Å². The summed E-state index contributed by atoms with van der Waals surface area (Å²) < 4.78 is 25.5. The Kier molecular flexibility index (Phi) is 32.5. The first-order valence-electron chi connectivity index (χ1n) is 24.6. The Labute approximate surface area is 374 Å². The maximum absolute atomic E-state index is 12.5. The molecule has 3 atom stereocenters. The summed E-state index contributed by atoms with van der Waals surface area (Å²) in [5.41, 5.74) is 0. The zero-order valence-electron chi connectivity index (χ0n) is 41.8. The molecule has 0 aromatic heterocycles. The van der Waals surface area contributed by atoms with Gasteiger partial charge in [0.25, 0.3) is 0 Å². The van der Waals surface area contributed by atoms with Crippen molar-refractivity contribution >= 4 is 28.6 Å². The number of hydrogen-bond donors (Lipinski definition) is 1. The van der Waals surface area contributed by atoms with Gasteiger partial charge in [-0.3, -0.25) is 14.5 Å². The van der Waals surface area contributed by atoms with Crippen LogP contribution in [0.1, 0.15) is 204 Å². The van der Waals surface area contributed by atoms with Gasteiger partial charge in [-0.1, -0.05) is 144 Å². The second-order valence-electron chi connectivity index (χ2n) is 20.5. The topological polar surface area (TPSA) is 94.5 Å². The number of aliphatic hydroxyl groups is 1. The fourth-order valence-corrected chi connectivity index (χ4v) is 9.38. The SMILES string of the molecule is CCCCCC/C=C\COC(=O)CCCCCC(CN(C(C)CCCCCC(=O)OC/C=C\CCCCCC)C(CCCO)O[Si](C)(C)C(C)(C)C)O[Si](C)(C)C(C)(C)C. The van der Waals surface area contributed by atoms with Gasteiger partial charge in [-0.25, -0.2) is 0 Å². The Balaban J connectivity index is 5.76. The molecule has 0 fully saturated rings. The third kappa shape index (κ3) is 28.4. The zero-order valence-corrected chi connectivity index (χ0v) is 43.8. The molecule has 0 aromatic carbocycles. The van der Waals surface area contributed by atoms with Gasteiger partial charge in [0.1, 0.15) is 13.2 Å². The fraction of sp³-hybridized carbons (Fsp3) is 0.880. The molecule has 0 rings (SSSR count). The van der Waals surface area contributed by atoms with E-state index in [1.54, 1.807) is 0 Å². The van der Waals surface area contributed by atoms with E-state index in [0.29, 0.717) is 32.5 Å². The van der Waals surface area contributed by atoms with Crippen molar-refractivity contribution < 1.29 is 33.0 Å². The molecule has 0 aliphatic rings. The van der Waals surface area contributed by atoms with E-state index >= 15 is 0 Å². The molecule has 0 amide bonds. The highest BCUT2D eigenvalue weighted by atomic mass is 28.4. The molecule has 0 saturated carbocycles. The van der Waals surface area contributed by atoms with Crippen LogP contribution in [0, 0.1) is 0 Å². The second-order valence-corrected chi connectivity index (χ2v) is 30.0. The molecular weight excluding hydrogens is 783 g/mol. The standard InChI is InChI=1S/C50H99NO7Si2/c1-14-16-18-20-22-24-32-41-55-47(53)38-30-26-28-35-44(3)51(46(37-34-40-52)58-60(12,13)50(7,8)9)43-45(57-59(10,11)49(4,5)6)36-29-27-31-39-48(54)56-42-33-25-23-21-19-17-15-2/h24-25,32-33,44-46,52H,14-23,26-31,34-43H2,1-13H3/b32-24-,33-25-. The van der Waals surface area contributed by atoms with E-state index in [1.165, 1.54) is 51.4 Å². The molecule has 0 heterocycles. The lowest BCUT2D eigenvalue weighted by Crippen LogP contribution is -2.55. The number of unbranched alkanes of at least 4 members (excludes halogenated alkanes) is 12. The molecule has 0 aliphatic carbocycles. The van der Waals surface area contributed by atoms with Crippen LogP contribution < -0.4 is 0 Å². The first kappa shape index (κ1) is 58.7. The van der Waals surface area contributed by atoms with Gasteiger partial charge in [0.15, 0.2) is 16.6 Å². The summed E-state index contributed by atoms with van der Waals surface area (Å²) in [5, 5.41) is 10.1. The Morgan fingerprint density at radius 3 is 1.48 bits per heavy atom. The van der Waals surface area contributed by atoms with Gasteiger partial charge >= 0.3 is 11.9 Å². The summed E-state index contributed by atoms with van der Waals surface area (Å²) in [7, 11) is -4.28. The number of aliphatic hydroxyl groups excluding tert-OH is 1. The van der Waals surface area contributed by atoms with E-state index in [-0.39, 0.29) is 47.0 Å². The van der Waals surface area contributed by atoms with E-state index in [1.807, 2.05) is 12.2 Å². The number of nitrogens with zero attached hydrogens (tertiary/aromatic N) is 1. The van der Waals surface area contributed by atoms with Crippen LogP contribution in [0.4, 0.5) is 0 Å². The number of allylic oxidation sites excluding steroid dienone is 2. The Bertz CT molecular complexity index is 1140. The molecule has 0 bridgehead atoms. The van der Waals surface area contributed by atoms with Crippen molar-refractivity contribution in [2.45, 2.75) is 258 Å². The average molecular weight is 883 g/mol. The van der Waals surface area contributed by atoms with Gasteiger partial charge in [-0.05, 0) is 107 Å². The van der Waals surface area contributed by atoms with Crippen molar-refractivity contribution in [2.24, 2.45) is 0 Å². The molecule has 1 N–H and O–H groups in total. The van der Waals surface area contributed by atoms with Gasteiger partial charge in [-0.2, -0.15) is 0 Å². The van der Waals surface area contributed by atoms with Crippen LogP contribution in [0.25, 0.3) is 0 Å². The van der Waals surface area contributed by atoms with Crippen LogP contribution in [-0.2, 0) is 27.9 Å². The van der Waals surface area contributed by atoms with Crippen LogP contribution in [0.2, 0.25) is 36.3 Å². The molecule has 0 spiro atoms. The molecule has 0 saturated heterocycles. The Hall–Kier alpha value is -1.31. The van der Waals surface area contributed by atoms with E-state index in [9.17, 15) is 14.7 Å². The average Bonchev–Trinajstić information content (AvgIpc) is 3.16. The minimum atomic E-state index is -2.16. The van der Waals surface area contributed by atoms with Crippen LogP contribution in [0.15, 0.2) is 24.3 Å². The van der Waals surface area contributed by atoms with E-state index < -0.39 is 16.6 Å². The van der Waals surface area contributed by atoms with Crippen molar-refractivity contribution in [2.75, 3.05) is 26.4 Å². The minimum absolute atomic E-state index is 0.0163. The normalized spacial score (nSPS) is 14.7. The number of esters is 2. The largest absolute Gasteiger partial charge is 0.461 e.